The molecule has 8 heteroatoms. The minimum absolute atomic E-state index is 0.0483. The summed E-state index contributed by atoms with van der Waals surface area (Å²) in [6.45, 7) is 13.9. The quantitative estimate of drug-likeness (QED) is 0.533. The molecule has 29 heavy (non-hydrogen) atoms. The lowest BCUT2D eigenvalue weighted by atomic mass is 10.0. The second kappa shape index (κ2) is 10.2. The van der Waals surface area contributed by atoms with Crippen LogP contribution < -0.4 is 15.5 Å². The summed E-state index contributed by atoms with van der Waals surface area (Å²) in [5, 5.41) is 6.92. The molecule has 0 amide bonds. The average molecular weight is 404 g/mol. The molecule has 0 aliphatic carbocycles. The molecule has 0 saturated carbocycles. The van der Waals surface area contributed by atoms with Crippen LogP contribution in [0.1, 0.15) is 19.4 Å². The predicted molar refractivity (Wildman–Crippen MR) is 119 cm³/mol. The van der Waals surface area contributed by atoms with E-state index in [1.165, 1.54) is 5.56 Å². The fraction of sp³-hybridized carbons (Fsp3) is 0.714. The van der Waals surface area contributed by atoms with Gasteiger partial charge in [-0.05, 0) is 38.6 Å². The van der Waals surface area contributed by atoms with Crippen molar-refractivity contribution >= 4 is 11.8 Å². The Labute approximate surface area is 175 Å². The number of aliphatic imine (C=N–C) groups is 1. The molecule has 2 aliphatic heterocycles. The lowest BCUT2D eigenvalue weighted by Gasteiger charge is -2.41. The summed E-state index contributed by atoms with van der Waals surface area (Å²) in [7, 11) is 3.99. The van der Waals surface area contributed by atoms with E-state index in [2.05, 4.69) is 68.3 Å². The maximum absolute atomic E-state index is 5.48. The molecule has 1 aromatic rings. The van der Waals surface area contributed by atoms with Crippen LogP contribution in [0, 0.1) is 0 Å². The van der Waals surface area contributed by atoms with Crippen molar-refractivity contribution in [3.63, 3.8) is 0 Å². The summed E-state index contributed by atoms with van der Waals surface area (Å²) >= 11 is 0. The van der Waals surface area contributed by atoms with Gasteiger partial charge < -0.3 is 25.2 Å². The van der Waals surface area contributed by atoms with Crippen LogP contribution in [0.5, 0.6) is 0 Å². The highest BCUT2D eigenvalue weighted by atomic mass is 16.5. The van der Waals surface area contributed by atoms with Gasteiger partial charge in [-0.2, -0.15) is 0 Å². The topological polar surface area (TPSA) is 68.3 Å². The van der Waals surface area contributed by atoms with Gasteiger partial charge in [0.1, 0.15) is 5.82 Å². The Morgan fingerprint density at radius 3 is 2.55 bits per heavy atom. The Hall–Kier alpha value is -1.90. The van der Waals surface area contributed by atoms with Crippen LogP contribution in [0.4, 0.5) is 5.82 Å². The minimum Gasteiger partial charge on any atom is -0.379 e. The zero-order valence-electron chi connectivity index (χ0n) is 18.4. The fourth-order valence-electron chi connectivity index (χ4n) is 3.77. The highest BCUT2D eigenvalue weighted by Crippen LogP contribution is 2.16. The number of morpholine rings is 1. The highest BCUT2D eigenvalue weighted by molar-refractivity contribution is 5.79. The average Bonchev–Trinajstić information content (AvgIpc) is 2.75. The van der Waals surface area contributed by atoms with E-state index >= 15 is 0 Å². The summed E-state index contributed by atoms with van der Waals surface area (Å²) in [5.41, 5.74) is 1.26. The first-order valence-electron chi connectivity index (χ1n) is 10.6. The maximum Gasteiger partial charge on any atom is 0.191 e. The Morgan fingerprint density at radius 1 is 1.14 bits per heavy atom. The van der Waals surface area contributed by atoms with E-state index in [0.717, 1.165) is 77.3 Å². The molecule has 2 aliphatic rings. The second-order valence-corrected chi connectivity index (χ2v) is 8.50. The van der Waals surface area contributed by atoms with E-state index in [4.69, 9.17) is 4.74 Å². The number of rotatable bonds is 6. The first-order chi connectivity index (χ1) is 14.0. The number of likely N-dealkylation sites (N-methyl/N-ethyl adjacent to an activating group) is 1. The summed E-state index contributed by atoms with van der Waals surface area (Å²) < 4.78 is 5.48. The number of aromatic nitrogens is 1. The molecule has 0 bridgehead atoms. The largest absolute Gasteiger partial charge is 0.379 e. The highest BCUT2D eigenvalue weighted by Gasteiger charge is 2.28. The van der Waals surface area contributed by atoms with E-state index in [0.29, 0.717) is 0 Å². The monoisotopic (exact) mass is 403 g/mol. The molecule has 3 rings (SSSR count). The molecule has 0 unspecified atom stereocenters. The van der Waals surface area contributed by atoms with Crippen molar-refractivity contribution in [3.05, 3.63) is 23.9 Å². The summed E-state index contributed by atoms with van der Waals surface area (Å²) in [4.78, 5) is 16.2. The molecule has 8 nitrogen and oxygen atoms in total. The minimum atomic E-state index is 0.0483. The maximum atomic E-state index is 5.48. The third kappa shape index (κ3) is 6.29. The molecule has 0 aromatic carbocycles. The lowest BCUT2D eigenvalue weighted by Crippen LogP contribution is -2.56. The van der Waals surface area contributed by atoms with E-state index in [-0.39, 0.29) is 5.54 Å². The molecular weight excluding hydrogens is 366 g/mol. The number of hydrogen-bond acceptors (Lipinski definition) is 6. The third-order valence-electron chi connectivity index (χ3n) is 5.88. The molecule has 0 spiro atoms. The van der Waals surface area contributed by atoms with E-state index in [9.17, 15) is 0 Å². The number of hydrogen-bond donors (Lipinski definition) is 2. The molecule has 3 heterocycles. The van der Waals surface area contributed by atoms with Gasteiger partial charge in [0.25, 0.3) is 0 Å². The number of piperazine rings is 1. The first-order valence-corrected chi connectivity index (χ1v) is 10.6. The predicted octanol–water partition coefficient (Wildman–Crippen LogP) is 0.609. The molecule has 2 saturated heterocycles. The number of pyridine rings is 1. The standard InChI is InChI=1S/C21H37N7O/c1-21(2,28-11-13-29-14-12-28)17-25-20(22-3)24-16-18-5-6-23-19(15-18)27-9-7-26(4)8-10-27/h5-6,15H,7-14,16-17H2,1-4H3,(H2,22,24,25). The number of ether oxygens (including phenoxy) is 1. The summed E-state index contributed by atoms with van der Waals surface area (Å²) in [6, 6.07) is 4.25. The molecule has 0 atom stereocenters. The van der Waals surface area contributed by atoms with Gasteiger partial charge in [-0.15, -0.1) is 0 Å². The van der Waals surface area contributed by atoms with Crippen molar-refractivity contribution in [2.45, 2.75) is 25.9 Å². The van der Waals surface area contributed by atoms with Gasteiger partial charge in [0.05, 0.1) is 13.2 Å². The molecular formula is C21H37N7O. The Bertz CT molecular complexity index is 665. The fourth-order valence-corrected chi connectivity index (χ4v) is 3.77. The van der Waals surface area contributed by atoms with Crippen molar-refractivity contribution in [3.8, 4) is 0 Å². The molecule has 2 N–H and O–H groups in total. The number of anilines is 1. The van der Waals surface area contributed by atoms with E-state index in [1.54, 1.807) is 0 Å². The normalized spacial score (nSPS) is 20.0. The number of nitrogens with one attached hydrogen (secondary N) is 2. The third-order valence-corrected chi connectivity index (χ3v) is 5.88. The first kappa shape index (κ1) is 21.8. The van der Waals surface area contributed by atoms with Crippen LogP contribution in [0.3, 0.4) is 0 Å². The summed E-state index contributed by atoms with van der Waals surface area (Å²) in [6.07, 6.45) is 1.91. The molecule has 2 fully saturated rings. The van der Waals surface area contributed by atoms with Crippen LogP contribution in [-0.2, 0) is 11.3 Å². The van der Waals surface area contributed by atoms with Crippen molar-refractivity contribution in [2.75, 3.05) is 78.0 Å². The molecule has 0 radical (unpaired) electrons. The van der Waals surface area contributed by atoms with Gasteiger partial charge in [0.2, 0.25) is 0 Å². The summed E-state index contributed by atoms with van der Waals surface area (Å²) in [5.74, 6) is 1.89. The van der Waals surface area contributed by atoms with Gasteiger partial charge in [0.15, 0.2) is 5.96 Å². The number of nitrogens with zero attached hydrogens (tertiary/aromatic N) is 5. The Balaban J connectivity index is 1.49. The second-order valence-electron chi connectivity index (χ2n) is 8.50. The van der Waals surface area contributed by atoms with Crippen molar-refractivity contribution in [2.24, 2.45) is 4.99 Å². The SMILES string of the molecule is CN=C(NCc1ccnc(N2CCN(C)CC2)c1)NCC(C)(C)N1CCOCC1. The van der Waals surface area contributed by atoms with Crippen LogP contribution in [0.25, 0.3) is 0 Å². The van der Waals surface area contributed by atoms with Crippen molar-refractivity contribution < 1.29 is 4.74 Å². The zero-order chi connectivity index (χ0) is 20.7. The van der Waals surface area contributed by atoms with Gasteiger partial charge >= 0.3 is 0 Å². The van der Waals surface area contributed by atoms with Crippen molar-refractivity contribution in [1.29, 1.82) is 0 Å². The van der Waals surface area contributed by atoms with Crippen LogP contribution in [0.15, 0.2) is 23.3 Å². The van der Waals surface area contributed by atoms with Crippen LogP contribution in [0.2, 0.25) is 0 Å². The zero-order valence-corrected chi connectivity index (χ0v) is 18.4. The van der Waals surface area contributed by atoms with Gasteiger partial charge in [-0.3, -0.25) is 9.89 Å². The molecule has 162 valence electrons. The van der Waals surface area contributed by atoms with Crippen molar-refractivity contribution in [1.82, 2.24) is 25.4 Å². The Morgan fingerprint density at radius 2 is 1.86 bits per heavy atom. The van der Waals surface area contributed by atoms with E-state index in [1.807, 2.05) is 13.2 Å². The van der Waals surface area contributed by atoms with Gasteiger partial charge in [0, 0.05) is 71.1 Å². The Kier molecular flexibility index (Phi) is 7.69. The lowest BCUT2D eigenvalue weighted by molar-refractivity contribution is -0.00834. The smallest absolute Gasteiger partial charge is 0.191 e. The van der Waals surface area contributed by atoms with Crippen LogP contribution >= 0.6 is 0 Å². The molecule has 1 aromatic heterocycles. The van der Waals surface area contributed by atoms with E-state index < -0.39 is 0 Å². The van der Waals surface area contributed by atoms with Gasteiger partial charge in [-0.25, -0.2) is 4.98 Å². The van der Waals surface area contributed by atoms with Gasteiger partial charge in [-0.1, -0.05) is 0 Å². The van der Waals surface area contributed by atoms with Crippen LogP contribution in [-0.4, -0.2) is 99.4 Å². The number of guanidine groups is 1.